The van der Waals surface area contributed by atoms with Crippen molar-refractivity contribution < 1.29 is 4.74 Å². The number of guanidine groups is 1. The monoisotopic (exact) mass is 249 g/mol. The third-order valence-electron chi connectivity index (χ3n) is 2.71. The van der Waals surface area contributed by atoms with E-state index in [0.717, 1.165) is 25.5 Å². The Morgan fingerprint density at radius 1 is 1.33 bits per heavy atom. The standard InChI is InChI=1S/C14H23N3O/c1-12(13-8-5-4-6-9-13)18-11-7-10-17-14(15-2)16-3/h4-6,8-9,12H,7,10-11H2,1-3H3,(H2,15,16,17)/t12-/m1/s1. The van der Waals surface area contributed by atoms with Crippen LogP contribution in [0.5, 0.6) is 0 Å². The summed E-state index contributed by atoms with van der Waals surface area (Å²) >= 11 is 0. The van der Waals surface area contributed by atoms with Gasteiger partial charge in [-0.1, -0.05) is 30.3 Å². The van der Waals surface area contributed by atoms with Gasteiger partial charge in [-0.3, -0.25) is 4.99 Å². The van der Waals surface area contributed by atoms with Gasteiger partial charge in [0, 0.05) is 27.2 Å². The predicted molar refractivity (Wildman–Crippen MR) is 75.8 cm³/mol. The fraction of sp³-hybridized carbons (Fsp3) is 0.500. The van der Waals surface area contributed by atoms with E-state index in [0.29, 0.717) is 0 Å². The number of ether oxygens (including phenoxy) is 1. The minimum absolute atomic E-state index is 0.148. The first-order valence-corrected chi connectivity index (χ1v) is 6.33. The molecule has 0 fully saturated rings. The third-order valence-corrected chi connectivity index (χ3v) is 2.71. The van der Waals surface area contributed by atoms with Gasteiger partial charge in [0.25, 0.3) is 0 Å². The Bertz CT molecular complexity index is 351. The summed E-state index contributed by atoms with van der Waals surface area (Å²) in [4.78, 5) is 4.04. The number of nitrogens with one attached hydrogen (secondary N) is 2. The molecule has 4 heteroatoms. The van der Waals surface area contributed by atoms with Gasteiger partial charge in [-0.25, -0.2) is 0 Å². The van der Waals surface area contributed by atoms with Crippen molar-refractivity contribution in [3.05, 3.63) is 35.9 Å². The second-order valence-electron chi connectivity index (χ2n) is 4.03. The van der Waals surface area contributed by atoms with Crippen LogP contribution in [0.25, 0.3) is 0 Å². The normalized spacial score (nSPS) is 13.2. The van der Waals surface area contributed by atoms with Crippen LogP contribution in [-0.2, 0) is 4.74 Å². The predicted octanol–water partition coefficient (Wildman–Crippen LogP) is 1.95. The Morgan fingerprint density at radius 2 is 2.06 bits per heavy atom. The zero-order valence-corrected chi connectivity index (χ0v) is 11.4. The van der Waals surface area contributed by atoms with E-state index in [4.69, 9.17) is 4.74 Å². The molecule has 0 unspecified atom stereocenters. The van der Waals surface area contributed by atoms with Crippen LogP contribution >= 0.6 is 0 Å². The lowest BCUT2D eigenvalue weighted by Gasteiger charge is -2.14. The number of nitrogens with zero attached hydrogens (tertiary/aromatic N) is 1. The molecule has 0 amide bonds. The van der Waals surface area contributed by atoms with E-state index in [1.165, 1.54) is 5.56 Å². The Balaban J connectivity index is 2.15. The number of rotatable bonds is 6. The van der Waals surface area contributed by atoms with E-state index in [1.807, 2.05) is 25.2 Å². The van der Waals surface area contributed by atoms with Gasteiger partial charge in [-0.15, -0.1) is 0 Å². The van der Waals surface area contributed by atoms with Crippen molar-refractivity contribution in [2.75, 3.05) is 27.2 Å². The largest absolute Gasteiger partial charge is 0.374 e. The summed E-state index contributed by atoms with van der Waals surface area (Å²) in [6, 6.07) is 10.3. The number of hydrogen-bond acceptors (Lipinski definition) is 2. The summed E-state index contributed by atoms with van der Waals surface area (Å²) in [6.07, 6.45) is 1.10. The minimum atomic E-state index is 0.148. The van der Waals surface area contributed by atoms with Crippen molar-refractivity contribution >= 4 is 5.96 Å². The van der Waals surface area contributed by atoms with Crippen LogP contribution in [0.2, 0.25) is 0 Å². The molecule has 0 spiro atoms. The van der Waals surface area contributed by atoms with Gasteiger partial charge in [-0.2, -0.15) is 0 Å². The maximum atomic E-state index is 5.78. The van der Waals surface area contributed by atoms with Crippen molar-refractivity contribution in [2.45, 2.75) is 19.4 Å². The second kappa shape index (κ2) is 8.53. The van der Waals surface area contributed by atoms with E-state index in [2.05, 4.69) is 34.7 Å². The smallest absolute Gasteiger partial charge is 0.190 e. The SMILES string of the molecule is CN=C(NC)NCCCO[C@H](C)c1ccccc1. The molecule has 0 aliphatic rings. The molecule has 18 heavy (non-hydrogen) atoms. The first-order valence-electron chi connectivity index (χ1n) is 6.33. The molecule has 0 radical (unpaired) electrons. The Kier molecular flexibility index (Phi) is 6.87. The van der Waals surface area contributed by atoms with Gasteiger partial charge in [0.2, 0.25) is 0 Å². The summed E-state index contributed by atoms with van der Waals surface area (Å²) in [6.45, 7) is 3.67. The Morgan fingerprint density at radius 3 is 2.67 bits per heavy atom. The summed E-state index contributed by atoms with van der Waals surface area (Å²) in [7, 11) is 3.61. The van der Waals surface area contributed by atoms with Crippen LogP contribution in [0, 0.1) is 0 Å². The number of hydrogen-bond donors (Lipinski definition) is 2. The topological polar surface area (TPSA) is 45.7 Å². The molecule has 0 bridgehead atoms. The quantitative estimate of drug-likeness (QED) is 0.460. The van der Waals surface area contributed by atoms with Gasteiger partial charge in [0.05, 0.1) is 6.10 Å². The molecule has 1 rings (SSSR count). The molecular formula is C14H23N3O. The average molecular weight is 249 g/mol. The van der Waals surface area contributed by atoms with Crippen LogP contribution in [0.1, 0.15) is 25.0 Å². The molecule has 1 atom stereocenters. The first kappa shape index (κ1) is 14.5. The highest BCUT2D eigenvalue weighted by Crippen LogP contribution is 2.15. The highest BCUT2D eigenvalue weighted by atomic mass is 16.5. The molecule has 0 saturated carbocycles. The average Bonchev–Trinajstić information content (AvgIpc) is 2.43. The zero-order valence-electron chi connectivity index (χ0n) is 11.4. The summed E-state index contributed by atoms with van der Waals surface area (Å²) in [5, 5.41) is 6.17. The third kappa shape index (κ3) is 5.19. The molecule has 0 aliphatic heterocycles. The molecule has 0 aliphatic carbocycles. The van der Waals surface area contributed by atoms with E-state index >= 15 is 0 Å². The van der Waals surface area contributed by atoms with Gasteiger partial charge in [-0.05, 0) is 18.9 Å². The van der Waals surface area contributed by atoms with Crippen molar-refractivity contribution in [1.82, 2.24) is 10.6 Å². The van der Waals surface area contributed by atoms with Gasteiger partial charge >= 0.3 is 0 Å². The fourth-order valence-electron chi connectivity index (χ4n) is 1.64. The molecular weight excluding hydrogens is 226 g/mol. The molecule has 100 valence electrons. The Hall–Kier alpha value is -1.55. The lowest BCUT2D eigenvalue weighted by molar-refractivity contribution is 0.0646. The molecule has 1 aromatic rings. The van der Waals surface area contributed by atoms with Crippen LogP contribution in [-0.4, -0.2) is 33.2 Å². The number of aliphatic imine (C=N–C) groups is 1. The fourth-order valence-corrected chi connectivity index (χ4v) is 1.64. The lowest BCUT2D eigenvalue weighted by atomic mass is 10.1. The van der Waals surface area contributed by atoms with Crippen LogP contribution in [0.4, 0.5) is 0 Å². The zero-order chi connectivity index (χ0) is 13.2. The second-order valence-corrected chi connectivity index (χ2v) is 4.03. The molecule has 0 saturated heterocycles. The van der Waals surface area contributed by atoms with E-state index in [9.17, 15) is 0 Å². The molecule has 0 aromatic heterocycles. The van der Waals surface area contributed by atoms with Crippen LogP contribution in [0.15, 0.2) is 35.3 Å². The van der Waals surface area contributed by atoms with Gasteiger partial charge in [0.15, 0.2) is 5.96 Å². The van der Waals surface area contributed by atoms with Crippen LogP contribution < -0.4 is 10.6 Å². The maximum Gasteiger partial charge on any atom is 0.190 e. The van der Waals surface area contributed by atoms with Crippen molar-refractivity contribution in [1.29, 1.82) is 0 Å². The summed E-state index contributed by atoms with van der Waals surface area (Å²) in [5.41, 5.74) is 1.22. The van der Waals surface area contributed by atoms with E-state index in [-0.39, 0.29) is 6.10 Å². The summed E-state index contributed by atoms with van der Waals surface area (Å²) < 4.78 is 5.78. The lowest BCUT2D eigenvalue weighted by Crippen LogP contribution is -2.35. The highest BCUT2D eigenvalue weighted by Gasteiger charge is 2.03. The molecule has 0 heterocycles. The van der Waals surface area contributed by atoms with Gasteiger partial charge in [0.1, 0.15) is 0 Å². The molecule has 4 nitrogen and oxygen atoms in total. The summed E-state index contributed by atoms with van der Waals surface area (Å²) in [5.74, 6) is 0.811. The van der Waals surface area contributed by atoms with Crippen molar-refractivity contribution in [2.24, 2.45) is 4.99 Å². The number of benzene rings is 1. The highest BCUT2D eigenvalue weighted by molar-refractivity contribution is 5.79. The molecule has 2 N–H and O–H groups in total. The van der Waals surface area contributed by atoms with Crippen molar-refractivity contribution in [3.8, 4) is 0 Å². The van der Waals surface area contributed by atoms with E-state index < -0.39 is 0 Å². The van der Waals surface area contributed by atoms with Crippen LogP contribution in [0.3, 0.4) is 0 Å². The Labute approximate surface area is 109 Å². The van der Waals surface area contributed by atoms with E-state index in [1.54, 1.807) is 7.05 Å². The van der Waals surface area contributed by atoms with Crippen molar-refractivity contribution in [3.63, 3.8) is 0 Å². The minimum Gasteiger partial charge on any atom is -0.374 e. The maximum absolute atomic E-state index is 5.78. The first-order chi connectivity index (χ1) is 8.77. The van der Waals surface area contributed by atoms with Gasteiger partial charge < -0.3 is 15.4 Å². The molecule has 1 aromatic carbocycles.